The van der Waals surface area contributed by atoms with Gasteiger partial charge in [-0.25, -0.2) is 4.79 Å². The summed E-state index contributed by atoms with van der Waals surface area (Å²) in [6.45, 7) is 4.00. The molecule has 0 aromatic heterocycles. The Hall–Kier alpha value is -1.03. The highest BCUT2D eigenvalue weighted by Crippen LogP contribution is 2.20. The molecule has 0 aliphatic carbocycles. The van der Waals surface area contributed by atoms with Gasteiger partial charge in [-0.05, 0) is 34.1 Å². The summed E-state index contributed by atoms with van der Waals surface area (Å²) in [5.41, 5.74) is 6.57. The van der Waals surface area contributed by atoms with Gasteiger partial charge >= 0.3 is 5.97 Å². The normalized spacial score (nSPS) is 8.57. The minimum atomic E-state index is -0.373. The van der Waals surface area contributed by atoms with Crippen LogP contribution in [0.2, 0.25) is 0 Å². The summed E-state index contributed by atoms with van der Waals surface area (Å²) in [6.07, 6.45) is 0. The van der Waals surface area contributed by atoms with E-state index in [0.29, 0.717) is 15.7 Å². The van der Waals surface area contributed by atoms with Crippen molar-refractivity contribution in [3.05, 3.63) is 28.2 Å². The number of carbonyl (C=O) groups excluding carboxylic acids is 1. The number of carbonyl (C=O) groups is 1. The quantitative estimate of drug-likeness (QED) is 0.624. The third kappa shape index (κ3) is 3.38. The number of rotatable bonds is 1. The second-order valence-electron chi connectivity index (χ2n) is 2.23. The summed E-state index contributed by atoms with van der Waals surface area (Å²) in [7, 11) is 1.34. The van der Waals surface area contributed by atoms with Gasteiger partial charge in [0.2, 0.25) is 0 Å². The van der Waals surface area contributed by atoms with Crippen molar-refractivity contribution < 1.29 is 9.53 Å². The van der Waals surface area contributed by atoms with Crippen molar-refractivity contribution in [2.24, 2.45) is 0 Å². The van der Waals surface area contributed by atoms with E-state index in [1.54, 1.807) is 18.2 Å². The van der Waals surface area contributed by atoms with Crippen LogP contribution in [-0.2, 0) is 4.74 Å². The minimum Gasteiger partial charge on any atom is -0.465 e. The van der Waals surface area contributed by atoms with Crippen molar-refractivity contribution in [2.45, 2.75) is 13.8 Å². The zero-order valence-corrected chi connectivity index (χ0v) is 10.1. The smallest absolute Gasteiger partial charge is 0.339 e. The first-order valence-electron chi connectivity index (χ1n) is 4.28. The number of halogens is 1. The molecule has 78 valence electrons. The lowest BCUT2D eigenvalue weighted by Gasteiger charge is -2.02. The van der Waals surface area contributed by atoms with E-state index >= 15 is 0 Å². The molecule has 0 heterocycles. The van der Waals surface area contributed by atoms with Gasteiger partial charge in [0.1, 0.15) is 0 Å². The summed E-state index contributed by atoms with van der Waals surface area (Å²) in [6, 6.07) is 4.93. The lowest BCUT2D eigenvalue weighted by Crippen LogP contribution is -2.02. The Morgan fingerprint density at radius 1 is 1.43 bits per heavy atom. The minimum absolute atomic E-state index is 0.373. The Morgan fingerprint density at radius 3 is 2.43 bits per heavy atom. The van der Waals surface area contributed by atoms with E-state index in [2.05, 4.69) is 20.7 Å². The van der Waals surface area contributed by atoms with Gasteiger partial charge in [0.25, 0.3) is 0 Å². The molecule has 0 aliphatic rings. The molecule has 0 unspecified atom stereocenters. The van der Waals surface area contributed by atoms with Crippen LogP contribution in [0.3, 0.4) is 0 Å². The van der Waals surface area contributed by atoms with Crippen molar-refractivity contribution in [1.82, 2.24) is 0 Å². The van der Waals surface area contributed by atoms with Gasteiger partial charge in [-0.2, -0.15) is 0 Å². The molecule has 14 heavy (non-hydrogen) atoms. The van der Waals surface area contributed by atoms with E-state index in [-0.39, 0.29) is 5.97 Å². The summed E-state index contributed by atoms with van der Waals surface area (Å²) in [4.78, 5) is 11.1. The molecule has 1 aromatic carbocycles. The molecular formula is C10H14BrNO2. The van der Waals surface area contributed by atoms with Gasteiger partial charge in [-0.15, -0.1) is 0 Å². The number of ether oxygens (including phenoxy) is 1. The number of methoxy groups -OCH3 is 1. The van der Waals surface area contributed by atoms with Crippen LogP contribution in [0.4, 0.5) is 5.69 Å². The average Bonchev–Trinajstić information content (AvgIpc) is 2.20. The first-order valence-corrected chi connectivity index (χ1v) is 5.08. The molecule has 0 bridgehead atoms. The molecule has 0 radical (unpaired) electrons. The number of hydrogen-bond donors (Lipinski definition) is 1. The maximum absolute atomic E-state index is 11.1. The van der Waals surface area contributed by atoms with Crippen LogP contribution in [-0.4, -0.2) is 13.1 Å². The first kappa shape index (κ1) is 13.0. The standard InChI is InChI=1S/C8H8BrNO2.C2H6/c1-12-8(11)6-3-2-5(10)4-7(6)9;1-2/h2-4H,10H2,1H3;1-2H3. The zero-order valence-electron chi connectivity index (χ0n) is 8.50. The van der Waals surface area contributed by atoms with Crippen LogP contribution in [0.25, 0.3) is 0 Å². The van der Waals surface area contributed by atoms with Gasteiger partial charge in [-0.3, -0.25) is 0 Å². The lowest BCUT2D eigenvalue weighted by atomic mass is 10.2. The van der Waals surface area contributed by atoms with Crippen LogP contribution >= 0.6 is 15.9 Å². The molecule has 0 spiro atoms. The molecule has 0 amide bonds. The SMILES string of the molecule is CC.COC(=O)c1ccc(N)cc1Br. The lowest BCUT2D eigenvalue weighted by molar-refractivity contribution is 0.0600. The largest absolute Gasteiger partial charge is 0.465 e. The number of hydrogen-bond acceptors (Lipinski definition) is 3. The van der Waals surface area contributed by atoms with Crippen molar-refractivity contribution in [3.63, 3.8) is 0 Å². The van der Waals surface area contributed by atoms with E-state index in [9.17, 15) is 4.79 Å². The van der Waals surface area contributed by atoms with E-state index < -0.39 is 0 Å². The van der Waals surface area contributed by atoms with Crippen LogP contribution in [0.15, 0.2) is 22.7 Å². The van der Waals surface area contributed by atoms with Crippen LogP contribution in [0, 0.1) is 0 Å². The van der Waals surface area contributed by atoms with Crippen LogP contribution < -0.4 is 5.73 Å². The Balaban J connectivity index is 0.000000791. The predicted octanol–water partition coefficient (Wildman–Crippen LogP) is 2.84. The Labute approximate surface area is 92.4 Å². The second kappa shape index (κ2) is 6.43. The van der Waals surface area contributed by atoms with E-state index in [1.807, 2.05) is 13.8 Å². The number of anilines is 1. The molecule has 1 rings (SSSR count). The van der Waals surface area contributed by atoms with Gasteiger partial charge in [0.15, 0.2) is 0 Å². The molecule has 1 aromatic rings. The fourth-order valence-corrected chi connectivity index (χ4v) is 1.37. The van der Waals surface area contributed by atoms with Gasteiger partial charge in [0.05, 0.1) is 12.7 Å². The fourth-order valence-electron chi connectivity index (χ4n) is 0.807. The van der Waals surface area contributed by atoms with Crippen molar-refractivity contribution in [1.29, 1.82) is 0 Å². The topological polar surface area (TPSA) is 52.3 Å². The van der Waals surface area contributed by atoms with E-state index in [0.717, 1.165) is 0 Å². The third-order valence-corrected chi connectivity index (χ3v) is 2.05. The number of nitrogen functional groups attached to an aromatic ring is 1. The monoisotopic (exact) mass is 259 g/mol. The third-order valence-electron chi connectivity index (χ3n) is 1.40. The maximum Gasteiger partial charge on any atom is 0.339 e. The Kier molecular flexibility index (Phi) is 5.95. The fraction of sp³-hybridized carbons (Fsp3) is 0.300. The van der Waals surface area contributed by atoms with Crippen LogP contribution in [0.5, 0.6) is 0 Å². The maximum atomic E-state index is 11.1. The van der Waals surface area contributed by atoms with Crippen molar-refractivity contribution in [2.75, 3.05) is 12.8 Å². The molecule has 0 saturated carbocycles. The summed E-state index contributed by atoms with van der Waals surface area (Å²) < 4.78 is 5.19. The number of nitrogens with two attached hydrogens (primary N) is 1. The molecule has 0 aliphatic heterocycles. The van der Waals surface area contributed by atoms with Gasteiger partial charge in [-0.1, -0.05) is 13.8 Å². The molecule has 0 fully saturated rings. The molecular weight excluding hydrogens is 246 g/mol. The highest BCUT2D eigenvalue weighted by Gasteiger charge is 2.08. The average molecular weight is 260 g/mol. The summed E-state index contributed by atoms with van der Waals surface area (Å²) in [5, 5.41) is 0. The van der Waals surface area contributed by atoms with Crippen molar-refractivity contribution in [3.8, 4) is 0 Å². The Bertz CT molecular complexity index is 313. The second-order valence-corrected chi connectivity index (χ2v) is 3.09. The van der Waals surface area contributed by atoms with Gasteiger partial charge < -0.3 is 10.5 Å². The molecule has 0 atom stereocenters. The molecule has 0 saturated heterocycles. The Morgan fingerprint density at radius 2 is 2.00 bits per heavy atom. The molecule has 3 nitrogen and oxygen atoms in total. The van der Waals surface area contributed by atoms with Gasteiger partial charge in [0, 0.05) is 10.2 Å². The summed E-state index contributed by atoms with van der Waals surface area (Å²) >= 11 is 3.21. The van der Waals surface area contributed by atoms with E-state index in [1.165, 1.54) is 7.11 Å². The molecule has 2 N–H and O–H groups in total. The predicted molar refractivity (Wildman–Crippen MR) is 61.2 cm³/mol. The highest BCUT2D eigenvalue weighted by molar-refractivity contribution is 9.10. The zero-order chi connectivity index (χ0) is 11.1. The number of esters is 1. The summed E-state index contributed by atoms with van der Waals surface area (Å²) in [5.74, 6) is -0.373. The number of benzene rings is 1. The molecule has 4 heteroatoms. The van der Waals surface area contributed by atoms with Crippen LogP contribution in [0.1, 0.15) is 24.2 Å². The first-order chi connectivity index (χ1) is 6.65. The highest BCUT2D eigenvalue weighted by atomic mass is 79.9. The van der Waals surface area contributed by atoms with Crippen molar-refractivity contribution >= 4 is 27.6 Å². The van der Waals surface area contributed by atoms with E-state index in [4.69, 9.17) is 5.73 Å².